The standard InChI is InChI=1S/C18H26N2O3/c1-3-23-15-6-4-14(5-7-15)17(21)8-9-18(22)20-16-10-11-19-12-13(16)2/h4-7,13,16,19H,3,8-12H2,1-2H3,(H,20,22). The molecule has 126 valence electrons. The lowest BCUT2D eigenvalue weighted by atomic mass is 9.95. The van der Waals surface area contributed by atoms with Crippen LogP contribution in [0.2, 0.25) is 0 Å². The van der Waals surface area contributed by atoms with E-state index in [-0.39, 0.29) is 30.6 Å². The summed E-state index contributed by atoms with van der Waals surface area (Å²) < 4.78 is 5.35. The Balaban J connectivity index is 1.77. The maximum absolute atomic E-state index is 12.1. The summed E-state index contributed by atoms with van der Waals surface area (Å²) in [5, 5.41) is 6.36. The minimum absolute atomic E-state index is 0.0124. The van der Waals surface area contributed by atoms with E-state index in [4.69, 9.17) is 4.74 Å². The first-order valence-corrected chi connectivity index (χ1v) is 8.36. The van der Waals surface area contributed by atoms with E-state index in [1.165, 1.54) is 0 Å². The third-order valence-corrected chi connectivity index (χ3v) is 4.20. The third kappa shape index (κ3) is 5.36. The lowest BCUT2D eigenvalue weighted by Crippen LogP contribution is -2.48. The van der Waals surface area contributed by atoms with Gasteiger partial charge in [0.1, 0.15) is 5.75 Å². The van der Waals surface area contributed by atoms with Gasteiger partial charge in [-0.05, 0) is 56.6 Å². The average molecular weight is 318 g/mol. The predicted octanol–water partition coefficient (Wildman–Crippen LogP) is 2.16. The maximum atomic E-state index is 12.1. The Bertz CT molecular complexity index is 528. The average Bonchev–Trinajstić information content (AvgIpc) is 2.56. The Labute approximate surface area is 137 Å². The molecule has 0 bridgehead atoms. The number of carbonyl (C=O) groups is 2. The first-order chi connectivity index (χ1) is 11.1. The molecule has 1 saturated heterocycles. The van der Waals surface area contributed by atoms with Gasteiger partial charge >= 0.3 is 0 Å². The van der Waals surface area contributed by atoms with E-state index >= 15 is 0 Å². The van der Waals surface area contributed by atoms with E-state index in [9.17, 15) is 9.59 Å². The maximum Gasteiger partial charge on any atom is 0.220 e. The van der Waals surface area contributed by atoms with Gasteiger partial charge in [-0.1, -0.05) is 6.92 Å². The molecule has 1 aliphatic heterocycles. The number of Topliss-reactive ketones (excluding diaryl/α,β-unsaturated/α-hetero) is 1. The molecule has 2 unspecified atom stereocenters. The van der Waals surface area contributed by atoms with Gasteiger partial charge in [0.15, 0.2) is 5.78 Å². The van der Waals surface area contributed by atoms with E-state index in [1.54, 1.807) is 24.3 Å². The molecular formula is C18H26N2O3. The second kappa shape index (κ2) is 8.67. The molecule has 23 heavy (non-hydrogen) atoms. The Kier molecular flexibility index (Phi) is 6.59. The zero-order valence-corrected chi connectivity index (χ0v) is 13.9. The van der Waals surface area contributed by atoms with E-state index in [0.717, 1.165) is 25.3 Å². The monoisotopic (exact) mass is 318 g/mol. The van der Waals surface area contributed by atoms with Gasteiger partial charge in [-0.25, -0.2) is 0 Å². The molecule has 2 atom stereocenters. The molecule has 1 aromatic carbocycles. The van der Waals surface area contributed by atoms with Crippen LogP contribution in [0.25, 0.3) is 0 Å². The number of nitrogens with one attached hydrogen (secondary N) is 2. The van der Waals surface area contributed by atoms with Gasteiger partial charge < -0.3 is 15.4 Å². The molecule has 1 aromatic rings. The molecule has 1 heterocycles. The molecule has 5 nitrogen and oxygen atoms in total. The van der Waals surface area contributed by atoms with Crippen molar-refractivity contribution in [3.8, 4) is 5.75 Å². The highest BCUT2D eigenvalue weighted by Crippen LogP contribution is 2.14. The highest BCUT2D eigenvalue weighted by atomic mass is 16.5. The fraction of sp³-hybridized carbons (Fsp3) is 0.556. The van der Waals surface area contributed by atoms with E-state index in [1.807, 2.05) is 6.92 Å². The van der Waals surface area contributed by atoms with Crippen LogP contribution in [0.15, 0.2) is 24.3 Å². The van der Waals surface area contributed by atoms with Crippen molar-refractivity contribution < 1.29 is 14.3 Å². The van der Waals surface area contributed by atoms with Crippen LogP contribution >= 0.6 is 0 Å². The van der Waals surface area contributed by atoms with Crippen molar-refractivity contribution in [2.45, 2.75) is 39.2 Å². The minimum Gasteiger partial charge on any atom is -0.494 e. The number of benzene rings is 1. The molecule has 0 aliphatic carbocycles. The highest BCUT2D eigenvalue weighted by molar-refractivity contribution is 5.98. The molecule has 0 radical (unpaired) electrons. The number of rotatable bonds is 7. The Morgan fingerprint density at radius 3 is 2.65 bits per heavy atom. The normalized spacial score (nSPS) is 20.8. The van der Waals surface area contributed by atoms with Gasteiger partial charge in [0.2, 0.25) is 5.91 Å². The molecule has 2 N–H and O–H groups in total. The zero-order valence-electron chi connectivity index (χ0n) is 13.9. The summed E-state index contributed by atoms with van der Waals surface area (Å²) in [7, 11) is 0. The smallest absolute Gasteiger partial charge is 0.220 e. The van der Waals surface area contributed by atoms with Crippen molar-refractivity contribution in [2.24, 2.45) is 5.92 Å². The van der Waals surface area contributed by atoms with Gasteiger partial charge in [-0.3, -0.25) is 9.59 Å². The van der Waals surface area contributed by atoms with Gasteiger partial charge in [0, 0.05) is 24.4 Å². The van der Waals surface area contributed by atoms with Crippen LogP contribution < -0.4 is 15.4 Å². The van der Waals surface area contributed by atoms with Crippen molar-refractivity contribution in [3.05, 3.63) is 29.8 Å². The topological polar surface area (TPSA) is 67.4 Å². The SMILES string of the molecule is CCOc1ccc(C(=O)CCC(=O)NC2CCNCC2C)cc1. The summed E-state index contributed by atoms with van der Waals surface area (Å²) in [6.45, 7) is 6.50. The number of piperidine rings is 1. The van der Waals surface area contributed by atoms with Crippen LogP contribution in [-0.4, -0.2) is 37.4 Å². The first-order valence-electron chi connectivity index (χ1n) is 8.36. The first kappa shape index (κ1) is 17.5. The largest absolute Gasteiger partial charge is 0.494 e. The van der Waals surface area contributed by atoms with E-state index in [0.29, 0.717) is 18.1 Å². The van der Waals surface area contributed by atoms with E-state index < -0.39 is 0 Å². The second-order valence-corrected chi connectivity index (χ2v) is 6.02. The molecule has 1 aliphatic rings. The van der Waals surface area contributed by atoms with Crippen LogP contribution in [-0.2, 0) is 4.79 Å². The highest BCUT2D eigenvalue weighted by Gasteiger charge is 2.22. The number of carbonyl (C=O) groups excluding carboxylic acids is 2. The predicted molar refractivity (Wildman–Crippen MR) is 89.8 cm³/mol. The Morgan fingerprint density at radius 1 is 1.26 bits per heavy atom. The number of hydrogen-bond acceptors (Lipinski definition) is 4. The minimum atomic E-state index is -0.0389. The molecule has 5 heteroatoms. The van der Waals surface area contributed by atoms with Crippen molar-refractivity contribution in [1.29, 1.82) is 0 Å². The molecule has 1 amide bonds. The Hall–Kier alpha value is -1.88. The molecule has 0 saturated carbocycles. The number of ether oxygens (including phenoxy) is 1. The van der Waals surface area contributed by atoms with Gasteiger partial charge in [-0.15, -0.1) is 0 Å². The van der Waals surface area contributed by atoms with E-state index in [2.05, 4.69) is 17.6 Å². The quantitative estimate of drug-likeness (QED) is 0.756. The van der Waals surface area contributed by atoms with Crippen LogP contribution in [0.1, 0.15) is 43.5 Å². The van der Waals surface area contributed by atoms with Crippen molar-refractivity contribution in [1.82, 2.24) is 10.6 Å². The lowest BCUT2D eigenvalue weighted by molar-refractivity contribution is -0.122. The van der Waals surface area contributed by atoms with Crippen molar-refractivity contribution >= 4 is 11.7 Å². The lowest BCUT2D eigenvalue weighted by Gasteiger charge is -2.30. The van der Waals surface area contributed by atoms with Crippen LogP contribution in [0.5, 0.6) is 5.75 Å². The summed E-state index contributed by atoms with van der Waals surface area (Å²) in [6.07, 6.45) is 1.42. The molecule has 0 spiro atoms. The summed E-state index contributed by atoms with van der Waals surface area (Å²) in [5.74, 6) is 1.13. The zero-order chi connectivity index (χ0) is 16.7. The van der Waals surface area contributed by atoms with Crippen LogP contribution in [0.3, 0.4) is 0 Å². The fourth-order valence-corrected chi connectivity index (χ4v) is 2.78. The van der Waals surface area contributed by atoms with Gasteiger partial charge in [0.05, 0.1) is 6.61 Å². The summed E-state index contributed by atoms with van der Waals surface area (Å²) in [5.41, 5.74) is 0.622. The second-order valence-electron chi connectivity index (χ2n) is 6.02. The van der Waals surface area contributed by atoms with Gasteiger partial charge in [-0.2, -0.15) is 0 Å². The van der Waals surface area contributed by atoms with Crippen LogP contribution in [0.4, 0.5) is 0 Å². The molecule has 0 aromatic heterocycles. The fourth-order valence-electron chi connectivity index (χ4n) is 2.78. The summed E-state index contributed by atoms with van der Waals surface area (Å²) in [4.78, 5) is 24.2. The number of hydrogen-bond donors (Lipinski definition) is 2. The molecule has 1 fully saturated rings. The number of amides is 1. The summed E-state index contributed by atoms with van der Waals surface area (Å²) >= 11 is 0. The van der Waals surface area contributed by atoms with Crippen LogP contribution in [0, 0.1) is 5.92 Å². The third-order valence-electron chi connectivity index (χ3n) is 4.20. The Morgan fingerprint density at radius 2 is 2.00 bits per heavy atom. The summed E-state index contributed by atoms with van der Waals surface area (Å²) in [6, 6.07) is 7.28. The number of ketones is 1. The molecular weight excluding hydrogens is 292 g/mol. The molecule has 2 rings (SSSR count). The van der Waals surface area contributed by atoms with Crippen molar-refractivity contribution in [3.63, 3.8) is 0 Å². The van der Waals surface area contributed by atoms with Crippen molar-refractivity contribution in [2.75, 3.05) is 19.7 Å². The van der Waals surface area contributed by atoms with Gasteiger partial charge in [0.25, 0.3) is 0 Å².